The van der Waals surface area contributed by atoms with E-state index in [0.717, 1.165) is 11.1 Å². The van der Waals surface area contributed by atoms with Crippen LogP contribution in [0.3, 0.4) is 0 Å². The van der Waals surface area contributed by atoms with Gasteiger partial charge >= 0.3 is 0 Å². The van der Waals surface area contributed by atoms with Gasteiger partial charge in [-0.15, -0.1) is 0 Å². The van der Waals surface area contributed by atoms with Crippen molar-refractivity contribution < 1.29 is 13.2 Å². The van der Waals surface area contributed by atoms with E-state index in [4.69, 9.17) is 0 Å². The number of carbonyl (C=O) groups is 1. The molecule has 4 aromatic rings. The lowest BCUT2D eigenvalue weighted by Crippen LogP contribution is -2.40. The highest BCUT2D eigenvalue weighted by atomic mass is 32.2. The van der Waals surface area contributed by atoms with E-state index in [9.17, 15) is 13.2 Å². The zero-order valence-electron chi connectivity index (χ0n) is 19.1. The molecule has 0 aromatic heterocycles. The minimum atomic E-state index is -4.12. The van der Waals surface area contributed by atoms with Crippen molar-refractivity contribution in [2.24, 2.45) is 0 Å². The number of carbonyl (C=O) groups excluding carboxylic acids is 1. The number of nitrogens with zero attached hydrogens (tertiary/aromatic N) is 1. The maximum Gasteiger partial charge on any atom is 0.270 e. The standard InChI is InChI=1S/C29H24N2O3S/c1-31-25-20-12-11-19-24(25)26(21-13-5-2-6-14-21)28(35(31,33)34)29(32)30-27(22-15-7-3-8-16-22)23-17-9-4-10-18-23/h2-20,27H,1H3,(H,30,32). The molecule has 1 aliphatic rings. The molecule has 0 unspecified atom stereocenters. The molecule has 1 N–H and O–H groups in total. The Morgan fingerprint density at radius 2 is 1.20 bits per heavy atom. The number of para-hydroxylation sites is 1. The zero-order chi connectivity index (χ0) is 24.4. The van der Waals surface area contributed by atoms with Crippen molar-refractivity contribution in [1.29, 1.82) is 0 Å². The Hall–Kier alpha value is -4.16. The van der Waals surface area contributed by atoms with Gasteiger partial charge in [0.2, 0.25) is 0 Å². The first kappa shape index (κ1) is 22.6. The zero-order valence-corrected chi connectivity index (χ0v) is 19.9. The second-order valence-corrected chi connectivity index (χ2v) is 10.2. The highest BCUT2D eigenvalue weighted by Crippen LogP contribution is 2.42. The second-order valence-electron chi connectivity index (χ2n) is 8.29. The van der Waals surface area contributed by atoms with Gasteiger partial charge in [0.1, 0.15) is 0 Å². The molecule has 6 heteroatoms. The quantitative estimate of drug-likeness (QED) is 0.431. The third kappa shape index (κ3) is 4.13. The van der Waals surface area contributed by atoms with Crippen molar-refractivity contribution in [1.82, 2.24) is 5.32 Å². The lowest BCUT2D eigenvalue weighted by molar-refractivity contribution is -0.117. The molecule has 35 heavy (non-hydrogen) atoms. The molecule has 0 aliphatic carbocycles. The molecule has 4 aromatic carbocycles. The Balaban J connectivity index is 1.70. The molecule has 0 atom stereocenters. The maximum atomic E-state index is 13.9. The van der Waals surface area contributed by atoms with E-state index < -0.39 is 22.0 Å². The van der Waals surface area contributed by atoms with E-state index in [0.29, 0.717) is 22.4 Å². The molecule has 0 bridgehead atoms. The molecule has 174 valence electrons. The van der Waals surface area contributed by atoms with Crippen LogP contribution in [0.15, 0.2) is 120 Å². The molecule has 5 nitrogen and oxygen atoms in total. The van der Waals surface area contributed by atoms with Gasteiger partial charge in [-0.3, -0.25) is 9.10 Å². The van der Waals surface area contributed by atoms with Crippen LogP contribution in [0, 0.1) is 0 Å². The maximum absolute atomic E-state index is 13.9. The topological polar surface area (TPSA) is 66.5 Å². The van der Waals surface area contributed by atoms with Gasteiger partial charge in [0.05, 0.1) is 11.7 Å². The molecule has 5 rings (SSSR count). The number of benzene rings is 4. The van der Waals surface area contributed by atoms with E-state index in [1.807, 2.05) is 103 Å². The largest absolute Gasteiger partial charge is 0.340 e. The van der Waals surface area contributed by atoms with Crippen molar-refractivity contribution >= 4 is 27.2 Å². The molecule has 1 aliphatic heterocycles. The minimum absolute atomic E-state index is 0.262. The number of hydrogen-bond donors (Lipinski definition) is 1. The molecule has 0 radical (unpaired) electrons. The number of rotatable bonds is 5. The Morgan fingerprint density at radius 1 is 0.714 bits per heavy atom. The Kier molecular flexibility index (Phi) is 5.97. The fourth-order valence-corrected chi connectivity index (χ4v) is 5.92. The highest BCUT2D eigenvalue weighted by molar-refractivity contribution is 7.97. The van der Waals surface area contributed by atoms with Crippen LogP contribution in [0.25, 0.3) is 5.57 Å². The van der Waals surface area contributed by atoms with E-state index in [1.54, 1.807) is 12.1 Å². The smallest absolute Gasteiger partial charge is 0.270 e. The number of anilines is 1. The van der Waals surface area contributed by atoms with Gasteiger partial charge in [0.15, 0.2) is 4.91 Å². The van der Waals surface area contributed by atoms with Crippen LogP contribution in [0.5, 0.6) is 0 Å². The van der Waals surface area contributed by atoms with E-state index >= 15 is 0 Å². The fourth-order valence-electron chi connectivity index (χ4n) is 4.45. The highest BCUT2D eigenvalue weighted by Gasteiger charge is 2.40. The Labute approximate surface area is 205 Å². The molecule has 1 heterocycles. The van der Waals surface area contributed by atoms with Crippen molar-refractivity contribution in [2.45, 2.75) is 6.04 Å². The molecule has 0 fully saturated rings. The summed E-state index contributed by atoms with van der Waals surface area (Å²) in [5, 5.41) is 3.02. The van der Waals surface area contributed by atoms with Crippen LogP contribution in [-0.4, -0.2) is 21.4 Å². The molecular weight excluding hydrogens is 456 g/mol. The number of hydrogen-bond acceptors (Lipinski definition) is 3. The lowest BCUT2D eigenvalue weighted by Gasteiger charge is -2.31. The summed E-state index contributed by atoms with van der Waals surface area (Å²) in [7, 11) is -2.64. The average Bonchev–Trinajstić information content (AvgIpc) is 2.90. The van der Waals surface area contributed by atoms with Crippen LogP contribution >= 0.6 is 0 Å². The molecule has 0 saturated carbocycles. The SMILES string of the molecule is CN1c2ccccc2C(c2ccccc2)=C(C(=O)NC(c2ccccc2)c2ccccc2)S1(=O)=O. The molecular formula is C29H24N2O3S. The first-order valence-electron chi connectivity index (χ1n) is 11.3. The van der Waals surface area contributed by atoms with Gasteiger partial charge in [-0.1, -0.05) is 109 Å². The molecule has 0 saturated heterocycles. The van der Waals surface area contributed by atoms with Gasteiger partial charge in [-0.25, -0.2) is 8.42 Å². The lowest BCUT2D eigenvalue weighted by atomic mass is 9.94. The number of amides is 1. The van der Waals surface area contributed by atoms with Gasteiger partial charge in [0, 0.05) is 18.2 Å². The average molecular weight is 481 g/mol. The fraction of sp³-hybridized carbons (Fsp3) is 0.0690. The van der Waals surface area contributed by atoms with Crippen LogP contribution in [-0.2, 0) is 14.8 Å². The van der Waals surface area contributed by atoms with Gasteiger partial charge < -0.3 is 5.32 Å². The Morgan fingerprint density at radius 3 is 1.77 bits per heavy atom. The first-order chi connectivity index (χ1) is 17.0. The van der Waals surface area contributed by atoms with Gasteiger partial charge in [-0.05, 0) is 22.8 Å². The van der Waals surface area contributed by atoms with E-state index in [2.05, 4.69) is 5.32 Å². The van der Waals surface area contributed by atoms with Crippen LogP contribution in [0.1, 0.15) is 28.3 Å². The number of nitrogens with one attached hydrogen (secondary N) is 1. The summed E-state index contributed by atoms with van der Waals surface area (Å²) in [4.78, 5) is 13.7. The Bertz CT molecular complexity index is 1460. The number of fused-ring (bicyclic) bond motifs is 1. The molecule has 0 spiro atoms. The molecule has 1 amide bonds. The van der Waals surface area contributed by atoms with Crippen molar-refractivity contribution in [3.05, 3.63) is 142 Å². The summed E-state index contributed by atoms with van der Waals surface area (Å²) in [6.45, 7) is 0. The predicted molar refractivity (Wildman–Crippen MR) is 139 cm³/mol. The first-order valence-corrected chi connectivity index (χ1v) is 12.7. The van der Waals surface area contributed by atoms with Crippen LogP contribution in [0.2, 0.25) is 0 Å². The summed E-state index contributed by atoms with van der Waals surface area (Å²) in [5.74, 6) is -0.650. The van der Waals surface area contributed by atoms with Gasteiger partial charge in [-0.2, -0.15) is 0 Å². The summed E-state index contributed by atoms with van der Waals surface area (Å²) >= 11 is 0. The normalized spacial score (nSPS) is 14.5. The summed E-state index contributed by atoms with van der Waals surface area (Å²) in [5.41, 5.74) is 4.00. The number of sulfonamides is 1. The summed E-state index contributed by atoms with van der Waals surface area (Å²) < 4.78 is 28.7. The van der Waals surface area contributed by atoms with Crippen molar-refractivity contribution in [3.63, 3.8) is 0 Å². The summed E-state index contributed by atoms with van der Waals surface area (Å²) in [6, 6.07) is 35.0. The monoisotopic (exact) mass is 480 g/mol. The van der Waals surface area contributed by atoms with Crippen molar-refractivity contribution in [3.8, 4) is 0 Å². The third-order valence-corrected chi connectivity index (χ3v) is 7.99. The van der Waals surface area contributed by atoms with Crippen molar-refractivity contribution in [2.75, 3.05) is 11.4 Å². The van der Waals surface area contributed by atoms with Gasteiger partial charge in [0.25, 0.3) is 15.9 Å². The third-order valence-electron chi connectivity index (χ3n) is 6.17. The second kappa shape index (κ2) is 9.24. The van der Waals surface area contributed by atoms with Crippen LogP contribution < -0.4 is 9.62 Å². The minimum Gasteiger partial charge on any atom is -0.340 e. The van der Waals surface area contributed by atoms with E-state index in [-0.39, 0.29) is 4.91 Å². The predicted octanol–water partition coefficient (Wildman–Crippen LogP) is 5.13. The van der Waals surface area contributed by atoms with E-state index in [1.165, 1.54) is 11.4 Å². The van der Waals surface area contributed by atoms with Crippen LogP contribution in [0.4, 0.5) is 5.69 Å². The summed E-state index contributed by atoms with van der Waals surface area (Å²) in [6.07, 6.45) is 0.